The molecule has 1 aromatic heterocycles. The van der Waals surface area contributed by atoms with Gasteiger partial charge in [-0.15, -0.1) is 0 Å². The SMILES string of the molecule is Cc1cc(=O)cc(C(=O)N2CCC3(CCCN(C4CCCC4)C3=O)C2)o1. The summed E-state index contributed by atoms with van der Waals surface area (Å²) in [5.41, 5.74) is -0.673. The highest BCUT2D eigenvalue weighted by molar-refractivity contribution is 5.93. The standard InChI is InChI=1S/C20H26N2O4/c1-14-11-16(23)12-17(26-14)18(24)21-10-8-20(13-21)7-4-9-22(19(20)25)15-5-2-3-6-15/h11-12,15H,2-10,13H2,1H3. The summed E-state index contributed by atoms with van der Waals surface area (Å²) in [5.74, 6) is 0.448. The highest BCUT2D eigenvalue weighted by Gasteiger charge is 2.51. The van der Waals surface area contributed by atoms with Gasteiger partial charge in [-0.3, -0.25) is 14.4 Å². The van der Waals surface area contributed by atoms with Gasteiger partial charge in [0.15, 0.2) is 11.2 Å². The largest absolute Gasteiger partial charge is 0.456 e. The van der Waals surface area contributed by atoms with Crippen LogP contribution in [0.2, 0.25) is 0 Å². The van der Waals surface area contributed by atoms with Crippen molar-refractivity contribution in [3.63, 3.8) is 0 Å². The molecule has 3 heterocycles. The molecule has 1 unspecified atom stereocenters. The molecule has 3 fully saturated rings. The second-order valence-corrected chi connectivity index (χ2v) is 8.07. The van der Waals surface area contributed by atoms with Crippen molar-refractivity contribution in [1.82, 2.24) is 9.80 Å². The van der Waals surface area contributed by atoms with E-state index >= 15 is 0 Å². The Balaban J connectivity index is 1.52. The first-order chi connectivity index (χ1) is 12.5. The van der Waals surface area contributed by atoms with Crippen LogP contribution >= 0.6 is 0 Å². The van der Waals surface area contributed by atoms with E-state index in [1.165, 1.54) is 25.0 Å². The third kappa shape index (κ3) is 2.95. The van der Waals surface area contributed by atoms with Gasteiger partial charge in [0.1, 0.15) is 5.76 Å². The predicted molar refractivity (Wildman–Crippen MR) is 95.9 cm³/mol. The number of rotatable bonds is 2. The third-order valence-corrected chi connectivity index (χ3v) is 6.28. The van der Waals surface area contributed by atoms with E-state index < -0.39 is 5.41 Å². The maximum atomic E-state index is 13.3. The smallest absolute Gasteiger partial charge is 0.289 e. The first-order valence-corrected chi connectivity index (χ1v) is 9.71. The molecule has 3 aliphatic rings. The summed E-state index contributed by atoms with van der Waals surface area (Å²) in [6.07, 6.45) is 7.19. The van der Waals surface area contributed by atoms with Gasteiger partial charge >= 0.3 is 0 Å². The lowest BCUT2D eigenvalue weighted by atomic mass is 9.77. The molecule has 1 aliphatic carbocycles. The number of likely N-dealkylation sites (tertiary alicyclic amines) is 2. The van der Waals surface area contributed by atoms with Crippen LogP contribution in [0.15, 0.2) is 21.3 Å². The van der Waals surface area contributed by atoms with Crippen molar-refractivity contribution >= 4 is 11.8 Å². The number of amides is 2. The minimum absolute atomic E-state index is 0.0722. The van der Waals surface area contributed by atoms with Crippen LogP contribution in [0, 0.1) is 12.3 Å². The van der Waals surface area contributed by atoms with Gasteiger partial charge in [-0.2, -0.15) is 0 Å². The molecule has 26 heavy (non-hydrogen) atoms. The Morgan fingerprint density at radius 3 is 2.62 bits per heavy atom. The fourth-order valence-corrected chi connectivity index (χ4v) is 4.95. The van der Waals surface area contributed by atoms with Crippen molar-refractivity contribution in [3.8, 4) is 0 Å². The molecule has 140 valence electrons. The zero-order chi connectivity index (χ0) is 18.3. The number of nitrogens with zero attached hydrogens (tertiary/aromatic N) is 2. The number of carbonyl (C=O) groups is 2. The second-order valence-electron chi connectivity index (χ2n) is 8.07. The monoisotopic (exact) mass is 358 g/mol. The van der Waals surface area contributed by atoms with Crippen LogP contribution in [0.25, 0.3) is 0 Å². The van der Waals surface area contributed by atoms with E-state index in [1.54, 1.807) is 11.8 Å². The zero-order valence-electron chi connectivity index (χ0n) is 15.3. The summed E-state index contributed by atoms with van der Waals surface area (Å²) in [6, 6.07) is 3.00. The Morgan fingerprint density at radius 1 is 1.12 bits per heavy atom. The fraction of sp³-hybridized carbons (Fsp3) is 0.650. The average Bonchev–Trinajstić information content (AvgIpc) is 3.27. The van der Waals surface area contributed by atoms with E-state index in [2.05, 4.69) is 4.90 Å². The molecule has 4 rings (SSSR count). The summed E-state index contributed by atoms with van der Waals surface area (Å²) in [7, 11) is 0. The van der Waals surface area contributed by atoms with Gasteiger partial charge in [0.2, 0.25) is 5.91 Å². The van der Waals surface area contributed by atoms with E-state index in [-0.39, 0.29) is 23.0 Å². The highest BCUT2D eigenvalue weighted by atomic mass is 16.3. The van der Waals surface area contributed by atoms with E-state index in [0.717, 1.165) is 32.2 Å². The minimum Gasteiger partial charge on any atom is -0.456 e. The Morgan fingerprint density at radius 2 is 1.88 bits per heavy atom. The molecule has 6 nitrogen and oxygen atoms in total. The lowest BCUT2D eigenvalue weighted by Crippen LogP contribution is -2.53. The maximum absolute atomic E-state index is 13.3. The molecule has 0 aromatic carbocycles. The number of piperidine rings is 1. The van der Waals surface area contributed by atoms with Crippen LogP contribution in [0.4, 0.5) is 0 Å². The molecule has 0 N–H and O–H groups in total. The summed E-state index contributed by atoms with van der Waals surface area (Å²) in [6.45, 7) is 3.49. The van der Waals surface area contributed by atoms with Gasteiger partial charge in [-0.1, -0.05) is 12.8 Å². The molecular formula is C20H26N2O4. The quantitative estimate of drug-likeness (QED) is 0.814. The zero-order valence-corrected chi connectivity index (χ0v) is 15.3. The molecule has 1 saturated carbocycles. The highest BCUT2D eigenvalue weighted by Crippen LogP contribution is 2.42. The normalized spacial score (nSPS) is 26.9. The van der Waals surface area contributed by atoms with Crippen molar-refractivity contribution in [1.29, 1.82) is 0 Å². The van der Waals surface area contributed by atoms with E-state index in [4.69, 9.17) is 4.42 Å². The van der Waals surface area contributed by atoms with E-state index in [9.17, 15) is 14.4 Å². The van der Waals surface area contributed by atoms with Crippen molar-refractivity contribution in [2.24, 2.45) is 5.41 Å². The lowest BCUT2D eigenvalue weighted by molar-refractivity contribution is -0.148. The van der Waals surface area contributed by atoms with Crippen molar-refractivity contribution in [2.45, 2.75) is 57.9 Å². The molecule has 0 radical (unpaired) electrons. The molecule has 1 atom stereocenters. The summed E-state index contributed by atoms with van der Waals surface area (Å²) in [4.78, 5) is 41.5. The molecular weight excluding hydrogens is 332 g/mol. The van der Waals surface area contributed by atoms with Crippen LogP contribution in [0.5, 0.6) is 0 Å². The van der Waals surface area contributed by atoms with Gasteiger partial charge in [-0.25, -0.2) is 0 Å². The van der Waals surface area contributed by atoms with Crippen molar-refractivity contribution < 1.29 is 14.0 Å². The van der Waals surface area contributed by atoms with E-state index in [1.807, 2.05) is 0 Å². The molecule has 1 spiro atoms. The molecule has 2 saturated heterocycles. The lowest BCUT2D eigenvalue weighted by Gasteiger charge is -2.42. The topological polar surface area (TPSA) is 70.8 Å². The van der Waals surface area contributed by atoms with Crippen LogP contribution < -0.4 is 5.43 Å². The Kier molecular flexibility index (Phi) is 4.37. The van der Waals surface area contributed by atoms with Crippen LogP contribution in [0.3, 0.4) is 0 Å². The Bertz CT molecular complexity index is 780. The van der Waals surface area contributed by atoms with Gasteiger partial charge < -0.3 is 14.2 Å². The predicted octanol–water partition coefficient (Wildman–Crippen LogP) is 2.35. The van der Waals surface area contributed by atoms with E-state index in [0.29, 0.717) is 31.3 Å². The summed E-state index contributed by atoms with van der Waals surface area (Å²) in [5, 5.41) is 0. The van der Waals surface area contributed by atoms with Crippen LogP contribution in [-0.4, -0.2) is 47.3 Å². The minimum atomic E-state index is -0.444. The van der Waals surface area contributed by atoms with Gasteiger partial charge in [-0.05, 0) is 39.0 Å². The molecule has 0 bridgehead atoms. The molecule has 2 aliphatic heterocycles. The molecule has 1 aromatic rings. The van der Waals surface area contributed by atoms with Crippen molar-refractivity contribution in [2.75, 3.05) is 19.6 Å². The second kappa shape index (κ2) is 6.56. The first kappa shape index (κ1) is 17.3. The van der Waals surface area contributed by atoms with Gasteiger partial charge in [0.05, 0.1) is 5.41 Å². The number of hydrogen-bond acceptors (Lipinski definition) is 4. The van der Waals surface area contributed by atoms with Crippen molar-refractivity contribution in [3.05, 3.63) is 33.9 Å². The number of hydrogen-bond donors (Lipinski definition) is 0. The van der Waals surface area contributed by atoms with Crippen LogP contribution in [-0.2, 0) is 4.79 Å². The summed E-state index contributed by atoms with van der Waals surface area (Å²) < 4.78 is 5.45. The molecule has 2 amide bonds. The fourth-order valence-electron chi connectivity index (χ4n) is 4.95. The first-order valence-electron chi connectivity index (χ1n) is 9.71. The number of aryl methyl sites for hydroxylation is 1. The maximum Gasteiger partial charge on any atom is 0.289 e. The summed E-state index contributed by atoms with van der Waals surface area (Å²) >= 11 is 0. The van der Waals surface area contributed by atoms with Gasteiger partial charge in [0, 0.05) is 37.8 Å². The Hall–Kier alpha value is -2.11. The number of carbonyl (C=O) groups excluding carboxylic acids is 2. The van der Waals surface area contributed by atoms with Crippen LogP contribution in [0.1, 0.15) is 61.3 Å². The third-order valence-electron chi connectivity index (χ3n) is 6.28. The molecule has 6 heteroatoms. The average molecular weight is 358 g/mol. The van der Waals surface area contributed by atoms with Gasteiger partial charge in [0.25, 0.3) is 5.91 Å². The Labute approximate surface area is 153 Å².